The van der Waals surface area contributed by atoms with Gasteiger partial charge in [0.15, 0.2) is 0 Å². The van der Waals surface area contributed by atoms with Gasteiger partial charge >= 0.3 is 5.97 Å². The Bertz CT molecular complexity index is 459. The van der Waals surface area contributed by atoms with Gasteiger partial charge in [-0.3, -0.25) is 0 Å². The maximum absolute atomic E-state index is 11.2. The van der Waals surface area contributed by atoms with Crippen LogP contribution in [0.4, 0.5) is 5.69 Å². The first-order chi connectivity index (χ1) is 8.58. The third kappa shape index (κ3) is 3.12. The van der Waals surface area contributed by atoms with Crippen molar-refractivity contribution in [3.63, 3.8) is 0 Å². The summed E-state index contributed by atoms with van der Waals surface area (Å²) in [6.45, 7) is 0. The molecule has 0 radical (unpaired) electrons. The number of carboxylic acid groups (broad SMARTS) is 1. The second-order valence-electron chi connectivity index (χ2n) is 4.65. The number of aromatic carboxylic acids is 1. The minimum Gasteiger partial charge on any atom is -0.478 e. The van der Waals surface area contributed by atoms with Crippen LogP contribution in [0.15, 0.2) is 17.0 Å². The third-order valence-corrected chi connectivity index (χ3v) is 5.01. The van der Waals surface area contributed by atoms with E-state index in [1.165, 1.54) is 43.5 Å². The zero-order valence-electron chi connectivity index (χ0n) is 9.99. The maximum atomic E-state index is 11.2. The van der Waals surface area contributed by atoms with E-state index in [9.17, 15) is 9.90 Å². The standard InChI is InChI=1S/C13H16ClNO2S/c14-11-6-9(15)5-10(13(16)17)12(11)18-7-8-3-1-2-4-8/h5-6,8H,1-4,7,15H2,(H,16,17). The predicted octanol–water partition coefficient (Wildman–Crippen LogP) is 3.90. The molecule has 1 aliphatic rings. The van der Waals surface area contributed by atoms with E-state index in [1.54, 1.807) is 6.07 Å². The first kappa shape index (κ1) is 13.6. The van der Waals surface area contributed by atoms with E-state index in [0.717, 1.165) is 5.75 Å². The van der Waals surface area contributed by atoms with Crippen molar-refractivity contribution in [2.75, 3.05) is 11.5 Å². The van der Waals surface area contributed by atoms with Crippen molar-refractivity contribution in [3.05, 3.63) is 22.7 Å². The Balaban J connectivity index is 2.17. The lowest BCUT2D eigenvalue weighted by Gasteiger charge is -2.12. The van der Waals surface area contributed by atoms with Crippen LogP contribution in [0.5, 0.6) is 0 Å². The molecule has 2 rings (SSSR count). The number of benzene rings is 1. The number of nitrogens with two attached hydrogens (primary N) is 1. The van der Waals surface area contributed by atoms with Crippen LogP contribution in [-0.4, -0.2) is 16.8 Å². The van der Waals surface area contributed by atoms with E-state index >= 15 is 0 Å². The van der Waals surface area contributed by atoms with Crippen LogP contribution < -0.4 is 5.73 Å². The monoisotopic (exact) mass is 285 g/mol. The van der Waals surface area contributed by atoms with E-state index in [0.29, 0.717) is 21.5 Å². The van der Waals surface area contributed by atoms with Crippen molar-refractivity contribution in [2.24, 2.45) is 5.92 Å². The summed E-state index contributed by atoms with van der Waals surface area (Å²) in [6.07, 6.45) is 5.04. The van der Waals surface area contributed by atoms with Gasteiger partial charge < -0.3 is 10.8 Å². The molecule has 0 bridgehead atoms. The second kappa shape index (κ2) is 5.85. The molecule has 0 spiro atoms. The van der Waals surface area contributed by atoms with E-state index in [2.05, 4.69) is 0 Å². The lowest BCUT2D eigenvalue weighted by atomic mass is 10.1. The predicted molar refractivity (Wildman–Crippen MR) is 75.5 cm³/mol. The second-order valence-corrected chi connectivity index (χ2v) is 6.08. The molecule has 3 nitrogen and oxygen atoms in total. The number of carbonyl (C=O) groups is 1. The van der Waals surface area contributed by atoms with Gasteiger partial charge in [0, 0.05) is 16.3 Å². The zero-order chi connectivity index (χ0) is 13.1. The molecule has 18 heavy (non-hydrogen) atoms. The molecule has 5 heteroatoms. The summed E-state index contributed by atoms with van der Waals surface area (Å²) in [6, 6.07) is 3.09. The smallest absolute Gasteiger partial charge is 0.336 e. The van der Waals surface area contributed by atoms with Gasteiger partial charge in [0.25, 0.3) is 0 Å². The summed E-state index contributed by atoms with van der Waals surface area (Å²) in [5.41, 5.74) is 6.23. The first-order valence-electron chi connectivity index (χ1n) is 6.03. The van der Waals surface area contributed by atoms with Gasteiger partial charge in [-0.05, 0) is 30.9 Å². The number of hydrogen-bond acceptors (Lipinski definition) is 3. The fourth-order valence-electron chi connectivity index (χ4n) is 2.30. The minimum atomic E-state index is -0.974. The molecular weight excluding hydrogens is 270 g/mol. The van der Waals surface area contributed by atoms with Crippen molar-refractivity contribution in [1.29, 1.82) is 0 Å². The zero-order valence-corrected chi connectivity index (χ0v) is 11.6. The van der Waals surface area contributed by atoms with Crippen LogP contribution in [0, 0.1) is 5.92 Å². The van der Waals surface area contributed by atoms with E-state index in [1.807, 2.05) is 0 Å². The quantitative estimate of drug-likeness (QED) is 0.650. The molecule has 1 fully saturated rings. The van der Waals surface area contributed by atoms with Crippen molar-refractivity contribution < 1.29 is 9.90 Å². The molecule has 0 unspecified atom stereocenters. The Labute approximate surface area is 116 Å². The summed E-state index contributed by atoms with van der Waals surface area (Å²) in [5.74, 6) is 0.646. The molecule has 0 amide bonds. The average Bonchev–Trinajstić information content (AvgIpc) is 2.79. The highest BCUT2D eigenvalue weighted by atomic mass is 35.5. The molecule has 1 aromatic carbocycles. The lowest BCUT2D eigenvalue weighted by Crippen LogP contribution is -2.03. The summed E-state index contributed by atoms with van der Waals surface area (Å²) in [7, 11) is 0. The fourth-order valence-corrected chi connectivity index (χ4v) is 3.92. The minimum absolute atomic E-state index is 0.211. The maximum Gasteiger partial charge on any atom is 0.336 e. The Morgan fingerprint density at radius 3 is 2.72 bits per heavy atom. The van der Waals surface area contributed by atoms with Crippen LogP contribution in [0.25, 0.3) is 0 Å². The highest BCUT2D eigenvalue weighted by molar-refractivity contribution is 7.99. The molecule has 98 valence electrons. The number of rotatable bonds is 4. The SMILES string of the molecule is Nc1cc(Cl)c(SCC2CCCC2)c(C(=O)O)c1. The number of anilines is 1. The molecule has 1 aliphatic carbocycles. The molecule has 0 heterocycles. The summed E-state index contributed by atoms with van der Waals surface area (Å²) >= 11 is 7.64. The largest absolute Gasteiger partial charge is 0.478 e. The van der Waals surface area contributed by atoms with Crippen LogP contribution in [0.1, 0.15) is 36.0 Å². The Kier molecular flexibility index (Phi) is 4.40. The van der Waals surface area contributed by atoms with Crippen LogP contribution in [-0.2, 0) is 0 Å². The van der Waals surface area contributed by atoms with E-state index in [4.69, 9.17) is 17.3 Å². The molecule has 0 saturated heterocycles. The number of hydrogen-bond donors (Lipinski definition) is 2. The van der Waals surface area contributed by atoms with Gasteiger partial charge in [0.1, 0.15) is 0 Å². The van der Waals surface area contributed by atoms with Gasteiger partial charge in [-0.2, -0.15) is 0 Å². The molecule has 1 aromatic rings. The molecule has 0 aliphatic heterocycles. The normalized spacial score (nSPS) is 16.1. The van der Waals surface area contributed by atoms with Crippen molar-refractivity contribution >= 4 is 35.0 Å². The van der Waals surface area contributed by atoms with Crippen LogP contribution >= 0.6 is 23.4 Å². The Morgan fingerprint density at radius 2 is 2.11 bits per heavy atom. The van der Waals surface area contributed by atoms with Crippen molar-refractivity contribution in [2.45, 2.75) is 30.6 Å². The van der Waals surface area contributed by atoms with E-state index < -0.39 is 5.97 Å². The topological polar surface area (TPSA) is 63.3 Å². The molecule has 0 aromatic heterocycles. The molecule has 0 atom stereocenters. The van der Waals surface area contributed by atoms with Crippen LogP contribution in [0.2, 0.25) is 5.02 Å². The van der Waals surface area contributed by atoms with Crippen molar-refractivity contribution in [3.8, 4) is 0 Å². The summed E-state index contributed by atoms with van der Waals surface area (Å²) < 4.78 is 0. The number of thioether (sulfide) groups is 1. The summed E-state index contributed by atoms with van der Waals surface area (Å²) in [5, 5.41) is 9.62. The summed E-state index contributed by atoms with van der Waals surface area (Å²) in [4.78, 5) is 11.8. The van der Waals surface area contributed by atoms with Gasteiger partial charge in [0.2, 0.25) is 0 Å². The fraction of sp³-hybridized carbons (Fsp3) is 0.462. The highest BCUT2D eigenvalue weighted by Gasteiger charge is 2.19. The highest BCUT2D eigenvalue weighted by Crippen LogP contribution is 2.37. The third-order valence-electron chi connectivity index (χ3n) is 3.23. The Morgan fingerprint density at radius 1 is 1.44 bits per heavy atom. The molecule has 1 saturated carbocycles. The number of halogens is 1. The van der Waals surface area contributed by atoms with Gasteiger partial charge in [-0.15, -0.1) is 11.8 Å². The molecule has 3 N–H and O–H groups in total. The van der Waals surface area contributed by atoms with Gasteiger partial charge in [-0.1, -0.05) is 24.4 Å². The van der Waals surface area contributed by atoms with Gasteiger partial charge in [0.05, 0.1) is 10.6 Å². The van der Waals surface area contributed by atoms with Crippen molar-refractivity contribution in [1.82, 2.24) is 0 Å². The molecular formula is C13H16ClNO2S. The van der Waals surface area contributed by atoms with E-state index in [-0.39, 0.29) is 5.56 Å². The lowest BCUT2D eigenvalue weighted by molar-refractivity contribution is 0.0693. The number of nitrogen functional groups attached to an aromatic ring is 1. The Hall–Kier alpha value is -0.870. The number of carboxylic acids is 1. The first-order valence-corrected chi connectivity index (χ1v) is 7.39. The van der Waals surface area contributed by atoms with Crippen LogP contribution in [0.3, 0.4) is 0 Å². The average molecular weight is 286 g/mol. The van der Waals surface area contributed by atoms with Gasteiger partial charge in [-0.25, -0.2) is 4.79 Å².